The molecule has 0 bridgehead atoms. The Morgan fingerprint density at radius 3 is 2.50 bits per heavy atom. The maximum atomic E-state index is 13.1. The van der Waals surface area contributed by atoms with E-state index >= 15 is 0 Å². The van der Waals surface area contributed by atoms with Gasteiger partial charge >= 0.3 is 0 Å². The normalized spacial score (nSPS) is 18.4. The highest BCUT2D eigenvalue weighted by atomic mass is 127. The molecule has 1 aliphatic carbocycles. The predicted molar refractivity (Wildman–Crippen MR) is 86.9 cm³/mol. The number of anilines is 1. The summed E-state index contributed by atoms with van der Waals surface area (Å²) in [6.07, 6.45) is 6.11. The van der Waals surface area contributed by atoms with E-state index in [4.69, 9.17) is 5.73 Å². The van der Waals surface area contributed by atoms with E-state index in [1.807, 2.05) is 22.6 Å². The van der Waals surface area contributed by atoms with Gasteiger partial charge in [-0.15, -0.1) is 0 Å². The van der Waals surface area contributed by atoms with Crippen LogP contribution in [0.1, 0.15) is 38.5 Å². The molecular weight excluding hydrogens is 370 g/mol. The van der Waals surface area contributed by atoms with E-state index in [-0.39, 0.29) is 11.7 Å². The Balaban J connectivity index is 2.16. The first kappa shape index (κ1) is 15.7. The van der Waals surface area contributed by atoms with Crippen LogP contribution in [0.25, 0.3) is 0 Å². The lowest BCUT2D eigenvalue weighted by molar-refractivity contribution is -0.125. The van der Waals surface area contributed by atoms with Gasteiger partial charge in [-0.1, -0.05) is 25.7 Å². The van der Waals surface area contributed by atoms with E-state index in [1.54, 1.807) is 6.07 Å². The van der Waals surface area contributed by atoms with Gasteiger partial charge in [0, 0.05) is 10.1 Å². The minimum Gasteiger partial charge on any atom is -0.329 e. The molecule has 5 heteroatoms. The van der Waals surface area contributed by atoms with Crippen molar-refractivity contribution < 1.29 is 9.18 Å². The number of nitrogens with one attached hydrogen (secondary N) is 1. The van der Waals surface area contributed by atoms with Crippen molar-refractivity contribution in [1.29, 1.82) is 0 Å². The fourth-order valence-electron chi connectivity index (χ4n) is 2.77. The second-order valence-electron chi connectivity index (χ2n) is 5.48. The maximum absolute atomic E-state index is 13.1. The number of carbonyl (C=O) groups is 1. The molecule has 1 aliphatic rings. The first-order valence-electron chi connectivity index (χ1n) is 7.04. The third-order valence-electron chi connectivity index (χ3n) is 4.11. The molecule has 0 aromatic heterocycles. The highest BCUT2D eigenvalue weighted by Crippen LogP contribution is 2.35. The van der Waals surface area contributed by atoms with E-state index in [9.17, 15) is 9.18 Å². The van der Waals surface area contributed by atoms with Crippen LogP contribution >= 0.6 is 22.6 Å². The molecule has 0 atom stereocenters. The van der Waals surface area contributed by atoms with E-state index in [1.165, 1.54) is 25.0 Å². The van der Waals surface area contributed by atoms with Gasteiger partial charge in [0.2, 0.25) is 5.91 Å². The van der Waals surface area contributed by atoms with Gasteiger partial charge in [0.05, 0.1) is 11.1 Å². The van der Waals surface area contributed by atoms with Crippen LogP contribution in [-0.4, -0.2) is 12.5 Å². The van der Waals surface area contributed by atoms with Crippen molar-refractivity contribution in [3.8, 4) is 0 Å². The Hall–Kier alpha value is -0.690. The Morgan fingerprint density at radius 2 is 1.95 bits per heavy atom. The molecular formula is C15H20FIN2O. The second-order valence-corrected chi connectivity index (χ2v) is 6.64. The van der Waals surface area contributed by atoms with Crippen LogP contribution in [0.5, 0.6) is 0 Å². The number of rotatable bonds is 3. The summed E-state index contributed by atoms with van der Waals surface area (Å²) < 4.78 is 13.8. The molecule has 0 spiro atoms. The average Bonchev–Trinajstić information content (AvgIpc) is 2.68. The van der Waals surface area contributed by atoms with E-state index in [0.29, 0.717) is 15.8 Å². The summed E-state index contributed by atoms with van der Waals surface area (Å²) in [4.78, 5) is 12.6. The molecule has 0 aliphatic heterocycles. The number of halogens is 2. The highest BCUT2D eigenvalue weighted by molar-refractivity contribution is 14.1. The molecule has 1 fully saturated rings. The van der Waals surface area contributed by atoms with Crippen molar-refractivity contribution in [2.24, 2.45) is 11.1 Å². The van der Waals surface area contributed by atoms with Gasteiger partial charge < -0.3 is 11.1 Å². The van der Waals surface area contributed by atoms with Gasteiger partial charge in [-0.05, 0) is 53.6 Å². The van der Waals surface area contributed by atoms with Crippen LogP contribution in [0.2, 0.25) is 0 Å². The van der Waals surface area contributed by atoms with Crippen molar-refractivity contribution in [1.82, 2.24) is 0 Å². The Kier molecular flexibility index (Phi) is 5.37. The highest BCUT2D eigenvalue weighted by Gasteiger charge is 2.37. The third-order valence-corrected chi connectivity index (χ3v) is 5.00. The van der Waals surface area contributed by atoms with Crippen LogP contribution in [0.4, 0.5) is 10.1 Å². The standard InChI is InChI=1S/C15H20FIN2O/c16-11-5-6-13(12(17)9-11)19-14(20)15(10-18)7-3-1-2-4-8-15/h5-6,9H,1-4,7-8,10,18H2,(H,19,20). The summed E-state index contributed by atoms with van der Waals surface area (Å²) in [5.74, 6) is -0.318. The van der Waals surface area contributed by atoms with Gasteiger partial charge in [-0.3, -0.25) is 4.79 Å². The van der Waals surface area contributed by atoms with Gasteiger partial charge in [0.15, 0.2) is 0 Å². The molecule has 1 saturated carbocycles. The molecule has 1 aromatic carbocycles. The number of hydrogen-bond donors (Lipinski definition) is 2. The van der Waals surface area contributed by atoms with Crippen molar-refractivity contribution in [3.05, 3.63) is 27.6 Å². The van der Waals surface area contributed by atoms with Crippen LogP contribution in [0.15, 0.2) is 18.2 Å². The molecule has 3 N–H and O–H groups in total. The smallest absolute Gasteiger partial charge is 0.231 e. The topological polar surface area (TPSA) is 55.1 Å². The summed E-state index contributed by atoms with van der Waals surface area (Å²) in [5, 5.41) is 2.93. The summed E-state index contributed by atoms with van der Waals surface area (Å²) in [7, 11) is 0. The zero-order valence-corrected chi connectivity index (χ0v) is 13.6. The third kappa shape index (κ3) is 3.49. The van der Waals surface area contributed by atoms with Gasteiger partial charge in [0.1, 0.15) is 5.82 Å². The number of hydrogen-bond acceptors (Lipinski definition) is 2. The van der Waals surface area contributed by atoms with Crippen molar-refractivity contribution in [2.45, 2.75) is 38.5 Å². The van der Waals surface area contributed by atoms with Crippen molar-refractivity contribution in [2.75, 3.05) is 11.9 Å². The molecule has 0 saturated heterocycles. The Bertz CT molecular complexity index is 485. The summed E-state index contributed by atoms with van der Waals surface area (Å²) in [6.45, 7) is 0.372. The van der Waals surface area contributed by atoms with Crippen LogP contribution in [0, 0.1) is 14.8 Å². The molecule has 2 rings (SSSR count). The summed E-state index contributed by atoms with van der Waals surface area (Å²) in [6, 6.07) is 4.38. The predicted octanol–water partition coefficient (Wildman–Crippen LogP) is 3.67. The van der Waals surface area contributed by atoms with Crippen LogP contribution < -0.4 is 11.1 Å². The molecule has 0 unspecified atom stereocenters. The lowest BCUT2D eigenvalue weighted by Gasteiger charge is -2.30. The van der Waals surface area contributed by atoms with E-state index in [0.717, 1.165) is 25.7 Å². The first-order valence-corrected chi connectivity index (χ1v) is 8.12. The Morgan fingerprint density at radius 1 is 1.30 bits per heavy atom. The minimum atomic E-state index is -0.464. The molecule has 110 valence electrons. The molecule has 0 radical (unpaired) electrons. The lowest BCUT2D eigenvalue weighted by atomic mass is 9.79. The molecule has 3 nitrogen and oxygen atoms in total. The maximum Gasteiger partial charge on any atom is 0.231 e. The largest absolute Gasteiger partial charge is 0.329 e. The molecule has 20 heavy (non-hydrogen) atoms. The number of carbonyl (C=O) groups excluding carboxylic acids is 1. The SMILES string of the molecule is NCC1(C(=O)Nc2ccc(F)cc2I)CCCCCC1. The minimum absolute atomic E-state index is 0.0218. The summed E-state index contributed by atoms with van der Waals surface area (Å²) >= 11 is 2.03. The Labute approximate surface area is 132 Å². The monoisotopic (exact) mass is 390 g/mol. The van der Waals surface area contributed by atoms with Gasteiger partial charge in [-0.25, -0.2) is 4.39 Å². The molecule has 1 amide bonds. The lowest BCUT2D eigenvalue weighted by Crippen LogP contribution is -2.42. The number of benzene rings is 1. The first-order chi connectivity index (χ1) is 9.57. The zero-order chi connectivity index (χ0) is 14.6. The number of nitrogens with two attached hydrogens (primary N) is 1. The fraction of sp³-hybridized carbons (Fsp3) is 0.533. The fourth-order valence-corrected chi connectivity index (χ4v) is 3.39. The zero-order valence-electron chi connectivity index (χ0n) is 11.4. The quantitative estimate of drug-likeness (QED) is 0.611. The van der Waals surface area contributed by atoms with E-state index in [2.05, 4.69) is 5.32 Å². The van der Waals surface area contributed by atoms with Gasteiger partial charge in [-0.2, -0.15) is 0 Å². The molecule has 1 aromatic rings. The summed E-state index contributed by atoms with van der Waals surface area (Å²) in [5.41, 5.74) is 6.10. The van der Waals surface area contributed by atoms with Crippen molar-refractivity contribution in [3.63, 3.8) is 0 Å². The average molecular weight is 390 g/mol. The van der Waals surface area contributed by atoms with Crippen LogP contribution in [-0.2, 0) is 4.79 Å². The second kappa shape index (κ2) is 6.85. The number of amides is 1. The van der Waals surface area contributed by atoms with Crippen molar-refractivity contribution >= 4 is 34.2 Å². The van der Waals surface area contributed by atoms with Gasteiger partial charge in [0.25, 0.3) is 0 Å². The van der Waals surface area contributed by atoms with Crippen LogP contribution in [0.3, 0.4) is 0 Å². The van der Waals surface area contributed by atoms with E-state index < -0.39 is 5.41 Å². The molecule has 0 heterocycles.